The molecule has 1 atom stereocenters. The van der Waals surface area contributed by atoms with E-state index >= 15 is 35.1 Å². The van der Waals surface area contributed by atoms with Gasteiger partial charge in [-0.05, 0) is 13.3 Å². The zero-order valence-electron chi connectivity index (χ0n) is 36.5. The van der Waals surface area contributed by atoms with Crippen LogP contribution in [-0.4, -0.2) is 118 Å². The Balaban J connectivity index is 8.30. The van der Waals surface area contributed by atoms with E-state index in [9.17, 15) is 124 Å². The second-order valence-corrected chi connectivity index (χ2v) is 16.5. The van der Waals surface area contributed by atoms with Crippen molar-refractivity contribution >= 4 is 11.9 Å². The van der Waals surface area contributed by atoms with Gasteiger partial charge in [0, 0.05) is 0 Å². The first-order valence-electron chi connectivity index (χ1n) is 20.1. The molecule has 4 nitrogen and oxygen atoms in total. The fourth-order valence-electron chi connectivity index (χ4n) is 6.28. The van der Waals surface area contributed by atoms with Crippen molar-refractivity contribution in [2.24, 2.45) is 5.92 Å². The van der Waals surface area contributed by atoms with Crippen molar-refractivity contribution in [3.63, 3.8) is 0 Å². The predicted octanol–water partition coefficient (Wildman–Crippen LogP) is 16.5. The van der Waals surface area contributed by atoms with Crippen molar-refractivity contribution in [2.75, 3.05) is 0 Å². The van der Waals surface area contributed by atoms with Crippen LogP contribution in [-0.2, 0) is 14.3 Å². The number of esters is 1. The maximum atomic E-state index is 15.8. The fourth-order valence-corrected chi connectivity index (χ4v) is 6.28. The Bertz CT molecular complexity index is 1770. The molecule has 0 saturated carbocycles. The number of ether oxygens (including phenoxy) is 1. The van der Waals surface area contributed by atoms with Gasteiger partial charge in [0.25, 0.3) is 0 Å². The maximum Gasteiger partial charge on any atom is 0.460 e. The average Bonchev–Trinajstić information content (AvgIpc) is 3.21. The molecule has 0 aromatic carbocycles. The fraction of sp³-hybridized carbons (Fsp3) is 0.944. The highest BCUT2D eigenvalue weighted by molar-refractivity contribution is 5.79. The molecule has 0 saturated heterocycles. The molecule has 442 valence electrons. The minimum atomic E-state index is -10.0. The molecule has 0 amide bonds. The van der Waals surface area contributed by atoms with E-state index in [-0.39, 0.29) is 12.8 Å². The summed E-state index contributed by atoms with van der Waals surface area (Å²) in [4.78, 5) is 24.3. The molecule has 0 aliphatic rings. The van der Waals surface area contributed by atoms with Crippen molar-refractivity contribution in [2.45, 2.75) is 205 Å². The summed E-state index contributed by atoms with van der Waals surface area (Å²) in [6, 6.07) is 0. The number of hydrogen-bond donors (Lipinski definition) is 1. The van der Waals surface area contributed by atoms with Gasteiger partial charge in [-0.3, -0.25) is 9.59 Å². The van der Waals surface area contributed by atoms with Crippen LogP contribution in [0.1, 0.15) is 104 Å². The van der Waals surface area contributed by atoms with Crippen LogP contribution in [0, 0.1) is 5.92 Å². The molecule has 0 fully saturated rings. The number of carboxylic acids is 1. The van der Waals surface area contributed by atoms with Crippen molar-refractivity contribution < 1.29 is 169 Å². The third-order valence-corrected chi connectivity index (χ3v) is 11.1. The molecule has 38 heteroatoms. The van der Waals surface area contributed by atoms with E-state index in [0.717, 1.165) is 32.1 Å². The summed E-state index contributed by atoms with van der Waals surface area (Å²) in [5.41, 5.74) is -8.42. The number of unbranched alkanes of at least 4 members (excludes halogenated alkanes) is 11. The lowest BCUT2D eigenvalue weighted by atomic mass is 9.76. The number of carbonyl (C=O) groups excluding carboxylic acids is 1. The van der Waals surface area contributed by atoms with Crippen LogP contribution in [0.3, 0.4) is 0 Å². The Morgan fingerprint density at radius 2 is 0.541 bits per heavy atom. The molecule has 0 aliphatic heterocycles. The Morgan fingerprint density at radius 1 is 0.338 bits per heavy atom. The number of carbonyl (C=O) groups is 2. The van der Waals surface area contributed by atoms with Crippen molar-refractivity contribution in [1.82, 2.24) is 0 Å². The highest BCUT2D eigenvalue weighted by atomic mass is 19.4. The Labute approximate surface area is 391 Å². The van der Waals surface area contributed by atoms with E-state index in [0.29, 0.717) is 19.3 Å². The lowest BCUT2D eigenvalue weighted by molar-refractivity contribution is -0.486. The topological polar surface area (TPSA) is 63.6 Å². The first kappa shape index (κ1) is 70.6. The van der Waals surface area contributed by atoms with E-state index < -0.39 is 151 Å². The van der Waals surface area contributed by atoms with Crippen LogP contribution in [0.5, 0.6) is 0 Å². The molecule has 0 spiro atoms. The first-order chi connectivity index (χ1) is 32.3. The number of rotatable bonds is 31. The highest BCUT2D eigenvalue weighted by Gasteiger charge is 3.01. The van der Waals surface area contributed by atoms with Gasteiger partial charge in [0.1, 0.15) is 0 Å². The van der Waals surface area contributed by atoms with E-state index in [1.807, 2.05) is 6.92 Å². The number of carboxylic acid groups (broad SMARTS) is 1. The molecule has 0 radical (unpaired) electrons. The number of alkyl halides is 34. The lowest BCUT2D eigenvalue weighted by Crippen LogP contribution is -2.82. The van der Waals surface area contributed by atoms with Crippen LogP contribution in [0.4, 0.5) is 149 Å². The summed E-state index contributed by atoms with van der Waals surface area (Å²) in [5.74, 6) is -145. The van der Waals surface area contributed by atoms with Gasteiger partial charge in [0.2, 0.25) is 5.60 Å². The smallest absolute Gasteiger partial charge is 0.460 e. The Hall–Kier alpha value is -3.44. The summed E-state index contributed by atoms with van der Waals surface area (Å²) in [6.07, 6.45) is -16.3. The number of halogens is 34. The van der Waals surface area contributed by atoms with Crippen LogP contribution in [0.15, 0.2) is 0 Å². The summed E-state index contributed by atoms with van der Waals surface area (Å²) < 4.78 is 484. The van der Waals surface area contributed by atoms with E-state index in [2.05, 4.69) is 4.74 Å². The van der Waals surface area contributed by atoms with Gasteiger partial charge >= 0.3 is 107 Å². The molecule has 0 heterocycles. The zero-order chi connectivity index (χ0) is 59.8. The largest absolute Gasteiger partial charge is 0.481 e. The molecule has 0 aromatic rings. The molecule has 1 unspecified atom stereocenters. The molecule has 0 aromatic heterocycles. The van der Waals surface area contributed by atoms with Gasteiger partial charge < -0.3 is 9.84 Å². The molecular formula is C36H36F34O4. The quantitative estimate of drug-likeness (QED) is 0.0427. The Morgan fingerprint density at radius 3 is 0.757 bits per heavy atom. The van der Waals surface area contributed by atoms with E-state index in [4.69, 9.17) is 5.11 Å². The Kier molecular flexibility index (Phi) is 20.8. The van der Waals surface area contributed by atoms with Crippen LogP contribution < -0.4 is 0 Å². The first-order valence-corrected chi connectivity index (χ1v) is 20.1. The van der Waals surface area contributed by atoms with Crippen LogP contribution >= 0.6 is 0 Å². The van der Waals surface area contributed by atoms with Gasteiger partial charge in [-0.25, -0.2) is 0 Å². The zero-order valence-corrected chi connectivity index (χ0v) is 36.5. The maximum absolute atomic E-state index is 15.8. The number of aliphatic carboxylic acids is 1. The standard InChI is InChI=1S/C36H36F34O4/c1-3-4-5-6-7-8-9-10-11-12-13-14-15-17(16-18(71)72)19(73)74-20(2,21(37,38)23(41,42)25(45,46)27(49,50)29(53,54)31(57,58)33(61,62)35(65,66)67)22(39,40)24(43,44)26(47,48)28(51,52)30(55,56)32(59,60)34(63,64)36(68,69)70/h17H,3-16H2,1-2H3,(H,71,72). The van der Waals surface area contributed by atoms with Gasteiger partial charge in [-0.15, -0.1) is 0 Å². The third kappa shape index (κ3) is 11.1. The number of hydrogen-bond acceptors (Lipinski definition) is 3. The van der Waals surface area contributed by atoms with E-state index in [1.165, 1.54) is 0 Å². The summed E-state index contributed by atoms with van der Waals surface area (Å²) in [7, 11) is 0. The SMILES string of the molecule is CCCCCCCCCCCCCCC(CC(=O)O)C(=O)OC(C)(C(F)(F)C(F)(F)C(F)(F)C(F)(F)C(F)(F)C(F)(F)C(F)(F)C(F)(F)F)C(F)(F)C(F)(F)C(F)(F)C(F)(F)C(F)(F)C(F)(F)C(F)(F)C(F)(F)F. The lowest BCUT2D eigenvalue weighted by Gasteiger charge is -2.50. The second-order valence-electron chi connectivity index (χ2n) is 16.5. The van der Waals surface area contributed by atoms with Gasteiger partial charge in [0.05, 0.1) is 12.3 Å². The minimum Gasteiger partial charge on any atom is -0.481 e. The normalized spacial score (nSPS) is 16.2. The van der Waals surface area contributed by atoms with Gasteiger partial charge in [-0.2, -0.15) is 149 Å². The third-order valence-electron chi connectivity index (χ3n) is 11.1. The minimum absolute atomic E-state index is 0.0826. The monoisotopic (exact) mass is 1180 g/mol. The predicted molar refractivity (Wildman–Crippen MR) is 177 cm³/mol. The van der Waals surface area contributed by atoms with Gasteiger partial charge in [-0.1, -0.05) is 84.0 Å². The summed E-state index contributed by atoms with van der Waals surface area (Å²) in [5, 5.41) is 9.07. The molecule has 0 rings (SSSR count). The second kappa shape index (κ2) is 21.8. The van der Waals surface area contributed by atoms with E-state index in [1.54, 1.807) is 0 Å². The van der Waals surface area contributed by atoms with Crippen molar-refractivity contribution in [3.8, 4) is 0 Å². The van der Waals surface area contributed by atoms with Crippen LogP contribution in [0.2, 0.25) is 0 Å². The van der Waals surface area contributed by atoms with Gasteiger partial charge in [0.15, 0.2) is 0 Å². The summed E-state index contributed by atoms with van der Waals surface area (Å²) in [6.45, 7) is -0.666. The molecule has 0 aliphatic carbocycles. The van der Waals surface area contributed by atoms with Crippen LogP contribution in [0.25, 0.3) is 0 Å². The van der Waals surface area contributed by atoms with Crippen molar-refractivity contribution in [1.29, 1.82) is 0 Å². The molecular weight excluding hydrogens is 1140 g/mol. The summed E-state index contributed by atoms with van der Waals surface area (Å²) >= 11 is 0. The molecule has 74 heavy (non-hydrogen) atoms. The molecule has 1 N–H and O–H groups in total. The highest BCUT2D eigenvalue weighted by Crippen LogP contribution is 2.70. The van der Waals surface area contributed by atoms with Crippen molar-refractivity contribution in [3.05, 3.63) is 0 Å². The average molecular weight is 1180 g/mol. The molecule has 0 bridgehead atoms.